The van der Waals surface area contributed by atoms with Gasteiger partial charge in [-0.3, -0.25) is 4.90 Å². The van der Waals surface area contributed by atoms with Crippen LogP contribution in [0.15, 0.2) is 12.4 Å². The molecule has 1 aliphatic carbocycles. The van der Waals surface area contributed by atoms with Crippen molar-refractivity contribution in [3.8, 4) is 0 Å². The third kappa shape index (κ3) is 1.91. The van der Waals surface area contributed by atoms with Crippen molar-refractivity contribution in [2.75, 3.05) is 26.3 Å². The highest BCUT2D eigenvalue weighted by Gasteiger charge is 2.67. The fraction of sp³-hybridized carbons (Fsp3) is 0.786. The molecular formula is C14H23N3O2. The van der Waals surface area contributed by atoms with Crippen LogP contribution in [0, 0.1) is 24.2 Å². The Kier molecular flexibility index (Phi) is 3.15. The molecule has 3 unspecified atom stereocenters. The van der Waals surface area contributed by atoms with E-state index in [4.69, 9.17) is 0 Å². The van der Waals surface area contributed by atoms with Crippen LogP contribution in [0.2, 0.25) is 0 Å². The van der Waals surface area contributed by atoms with Crippen molar-refractivity contribution >= 4 is 0 Å². The number of hydrogen-bond donors (Lipinski definition) is 2. The Morgan fingerprint density at radius 2 is 2.00 bits per heavy atom. The van der Waals surface area contributed by atoms with Crippen molar-refractivity contribution in [1.82, 2.24) is 14.5 Å². The highest BCUT2D eigenvalue weighted by Crippen LogP contribution is 2.62. The SMILES string of the molecule is Cc1nccn1CC(C)N1CC2C(C1)C2(CO)CO. The lowest BCUT2D eigenvalue weighted by Gasteiger charge is -2.29. The minimum atomic E-state index is -0.179. The van der Waals surface area contributed by atoms with Crippen LogP contribution in [-0.4, -0.2) is 57.0 Å². The van der Waals surface area contributed by atoms with Crippen molar-refractivity contribution in [1.29, 1.82) is 0 Å². The summed E-state index contributed by atoms with van der Waals surface area (Å²) in [5.41, 5.74) is -0.179. The van der Waals surface area contributed by atoms with Gasteiger partial charge in [-0.1, -0.05) is 0 Å². The van der Waals surface area contributed by atoms with E-state index in [1.807, 2.05) is 19.3 Å². The third-order valence-electron chi connectivity index (χ3n) is 5.31. The number of piperidine rings is 1. The van der Waals surface area contributed by atoms with Crippen molar-refractivity contribution in [3.05, 3.63) is 18.2 Å². The van der Waals surface area contributed by atoms with Crippen LogP contribution in [0.4, 0.5) is 0 Å². The van der Waals surface area contributed by atoms with Gasteiger partial charge in [0, 0.05) is 43.5 Å². The molecule has 1 saturated heterocycles. The van der Waals surface area contributed by atoms with E-state index in [1.165, 1.54) is 0 Å². The second-order valence-electron chi connectivity index (χ2n) is 6.19. The quantitative estimate of drug-likeness (QED) is 0.793. The molecule has 0 bridgehead atoms. The van der Waals surface area contributed by atoms with Crippen LogP contribution in [0.3, 0.4) is 0 Å². The molecule has 1 aliphatic heterocycles. The van der Waals surface area contributed by atoms with Crippen LogP contribution < -0.4 is 0 Å². The van der Waals surface area contributed by atoms with Gasteiger partial charge in [0.1, 0.15) is 5.82 Å². The number of fused-ring (bicyclic) bond motifs is 1. The van der Waals surface area contributed by atoms with Gasteiger partial charge in [-0.05, 0) is 25.7 Å². The zero-order valence-electron chi connectivity index (χ0n) is 11.7. The molecule has 5 nitrogen and oxygen atoms in total. The number of rotatable bonds is 5. The second kappa shape index (κ2) is 4.58. The smallest absolute Gasteiger partial charge is 0.105 e. The van der Waals surface area contributed by atoms with Crippen LogP contribution in [0.5, 0.6) is 0 Å². The van der Waals surface area contributed by atoms with Crippen LogP contribution in [0.1, 0.15) is 12.7 Å². The van der Waals surface area contributed by atoms with Gasteiger partial charge >= 0.3 is 0 Å². The predicted octanol–water partition coefficient (Wildman–Crippen LogP) is 0.113. The molecule has 1 aromatic rings. The van der Waals surface area contributed by atoms with Gasteiger partial charge in [0.05, 0.1) is 13.2 Å². The first-order valence-corrected chi connectivity index (χ1v) is 7.06. The number of aliphatic hydroxyl groups excluding tert-OH is 2. The molecule has 2 aliphatic rings. The average molecular weight is 265 g/mol. The molecule has 0 amide bonds. The van der Waals surface area contributed by atoms with E-state index in [1.54, 1.807) is 0 Å². The van der Waals surface area contributed by atoms with Gasteiger partial charge in [-0.25, -0.2) is 4.98 Å². The average Bonchev–Trinajstić information content (AvgIpc) is 2.77. The summed E-state index contributed by atoms with van der Waals surface area (Å²) >= 11 is 0. The Morgan fingerprint density at radius 3 is 2.47 bits per heavy atom. The first kappa shape index (κ1) is 13.1. The lowest BCUT2D eigenvalue weighted by atomic mass is 10.0. The van der Waals surface area contributed by atoms with Crippen molar-refractivity contribution in [2.24, 2.45) is 17.3 Å². The monoisotopic (exact) mass is 265 g/mol. The highest BCUT2D eigenvalue weighted by atomic mass is 16.3. The van der Waals surface area contributed by atoms with Gasteiger partial charge in [0.15, 0.2) is 0 Å². The minimum absolute atomic E-state index is 0.127. The number of hydrogen-bond acceptors (Lipinski definition) is 4. The molecule has 3 rings (SSSR count). The van der Waals surface area contributed by atoms with E-state index in [0.29, 0.717) is 17.9 Å². The molecule has 0 radical (unpaired) electrons. The Balaban J connectivity index is 1.58. The Bertz CT molecular complexity index is 441. The fourth-order valence-electron chi connectivity index (χ4n) is 3.74. The summed E-state index contributed by atoms with van der Waals surface area (Å²) in [6.45, 7) is 7.47. The lowest BCUT2D eigenvalue weighted by Crippen LogP contribution is -2.39. The largest absolute Gasteiger partial charge is 0.396 e. The lowest BCUT2D eigenvalue weighted by molar-refractivity contribution is 0.0777. The van der Waals surface area contributed by atoms with Gasteiger partial charge < -0.3 is 14.8 Å². The number of imidazole rings is 1. The molecule has 2 heterocycles. The van der Waals surface area contributed by atoms with Crippen molar-refractivity contribution < 1.29 is 10.2 Å². The number of aryl methyl sites for hydroxylation is 1. The summed E-state index contributed by atoms with van der Waals surface area (Å²) in [6, 6.07) is 0.468. The van der Waals surface area contributed by atoms with E-state index >= 15 is 0 Å². The van der Waals surface area contributed by atoms with E-state index < -0.39 is 0 Å². The summed E-state index contributed by atoms with van der Waals surface area (Å²) in [7, 11) is 0. The summed E-state index contributed by atoms with van der Waals surface area (Å²) in [5.74, 6) is 2.01. The normalized spacial score (nSPS) is 30.3. The summed E-state index contributed by atoms with van der Waals surface area (Å²) in [5, 5.41) is 18.9. The number of aromatic nitrogens is 2. The minimum Gasteiger partial charge on any atom is -0.396 e. The summed E-state index contributed by atoms with van der Waals surface area (Å²) < 4.78 is 2.18. The predicted molar refractivity (Wildman–Crippen MR) is 71.6 cm³/mol. The van der Waals surface area contributed by atoms with Gasteiger partial charge in [0.2, 0.25) is 0 Å². The van der Waals surface area contributed by atoms with Gasteiger partial charge in [-0.15, -0.1) is 0 Å². The first-order valence-electron chi connectivity index (χ1n) is 7.06. The summed E-state index contributed by atoms with van der Waals surface area (Å²) in [6.07, 6.45) is 3.86. The van der Waals surface area contributed by atoms with Crippen LogP contribution in [0.25, 0.3) is 0 Å². The topological polar surface area (TPSA) is 61.5 Å². The molecule has 0 spiro atoms. The molecule has 19 heavy (non-hydrogen) atoms. The van der Waals surface area contributed by atoms with E-state index in [2.05, 4.69) is 21.4 Å². The maximum atomic E-state index is 9.44. The Morgan fingerprint density at radius 1 is 1.37 bits per heavy atom. The zero-order valence-corrected chi connectivity index (χ0v) is 11.7. The van der Waals surface area contributed by atoms with Gasteiger partial charge in [0.25, 0.3) is 0 Å². The molecule has 5 heteroatoms. The highest BCUT2D eigenvalue weighted by molar-refractivity contribution is 5.16. The fourth-order valence-corrected chi connectivity index (χ4v) is 3.74. The van der Waals surface area contributed by atoms with E-state index in [-0.39, 0.29) is 18.6 Å². The molecule has 2 N–H and O–H groups in total. The van der Waals surface area contributed by atoms with E-state index in [9.17, 15) is 10.2 Å². The Labute approximate surface area is 113 Å². The maximum absolute atomic E-state index is 9.44. The molecule has 1 aromatic heterocycles. The maximum Gasteiger partial charge on any atom is 0.105 e. The van der Waals surface area contributed by atoms with Crippen LogP contribution in [-0.2, 0) is 6.54 Å². The standard InChI is InChI=1S/C14H23N3O2/c1-10(5-16-4-3-15-11(16)2)17-6-12-13(7-17)14(12,8-18)9-19/h3-4,10,12-13,18-19H,5-9H2,1-2H3. The first-order chi connectivity index (χ1) is 9.12. The van der Waals surface area contributed by atoms with E-state index in [0.717, 1.165) is 25.5 Å². The van der Waals surface area contributed by atoms with Crippen LogP contribution >= 0.6 is 0 Å². The third-order valence-corrected chi connectivity index (χ3v) is 5.31. The van der Waals surface area contributed by atoms with Crippen molar-refractivity contribution in [3.63, 3.8) is 0 Å². The Hall–Kier alpha value is -0.910. The molecule has 106 valence electrons. The molecular weight excluding hydrogens is 242 g/mol. The zero-order chi connectivity index (χ0) is 13.6. The molecule has 0 aromatic carbocycles. The molecule has 2 fully saturated rings. The second-order valence-corrected chi connectivity index (χ2v) is 6.19. The molecule has 1 saturated carbocycles. The van der Waals surface area contributed by atoms with Crippen molar-refractivity contribution in [2.45, 2.75) is 26.4 Å². The van der Waals surface area contributed by atoms with Gasteiger partial charge in [-0.2, -0.15) is 0 Å². The molecule has 3 atom stereocenters. The number of aliphatic hydroxyl groups is 2. The number of likely N-dealkylation sites (tertiary alicyclic amines) is 1. The number of nitrogens with zero attached hydrogens (tertiary/aromatic N) is 3. The summed E-state index contributed by atoms with van der Waals surface area (Å²) in [4.78, 5) is 6.72.